The van der Waals surface area contributed by atoms with Gasteiger partial charge >= 0.3 is 6.18 Å². The van der Waals surface area contributed by atoms with Gasteiger partial charge in [0.1, 0.15) is 0 Å². The maximum absolute atomic E-state index is 12.9. The molecule has 0 saturated carbocycles. The number of rotatable bonds is 3. The molecule has 0 bridgehead atoms. The van der Waals surface area contributed by atoms with E-state index in [-0.39, 0.29) is 12.1 Å². The van der Waals surface area contributed by atoms with E-state index in [1.807, 2.05) is 31.2 Å². The number of carbonyl (C=O) groups is 1. The molecule has 0 aliphatic carbocycles. The number of aryl methyl sites for hydroxylation is 1. The van der Waals surface area contributed by atoms with E-state index in [0.717, 1.165) is 34.3 Å². The first-order valence-electron chi connectivity index (χ1n) is 7.48. The Labute approximate surface area is 146 Å². The molecule has 0 radical (unpaired) electrons. The second-order valence-corrected chi connectivity index (χ2v) is 6.10. The van der Waals surface area contributed by atoms with Gasteiger partial charge in [0.05, 0.1) is 17.0 Å². The molecule has 3 rings (SSSR count). The summed E-state index contributed by atoms with van der Waals surface area (Å²) in [5.74, 6) is -0.400. The summed E-state index contributed by atoms with van der Waals surface area (Å²) in [6.45, 7) is 1.85. The third kappa shape index (κ3) is 3.64. The molecular weight excluding hydrogens is 353 g/mol. The minimum Gasteiger partial charge on any atom is -0.358 e. The summed E-state index contributed by atoms with van der Waals surface area (Å²) in [6, 6.07) is 10.8. The maximum Gasteiger partial charge on any atom is 0.417 e. The Morgan fingerprint density at radius 3 is 2.64 bits per heavy atom. The van der Waals surface area contributed by atoms with Gasteiger partial charge in [-0.2, -0.15) is 13.2 Å². The quantitative estimate of drug-likeness (QED) is 0.646. The Bertz CT molecular complexity index is 947. The van der Waals surface area contributed by atoms with Crippen LogP contribution in [-0.4, -0.2) is 10.9 Å². The molecular formula is C18H14ClF3N2O. The summed E-state index contributed by atoms with van der Waals surface area (Å²) in [4.78, 5) is 15.5. The topological polar surface area (TPSA) is 44.9 Å². The number of carbonyl (C=O) groups excluding carboxylic acids is 1. The minimum atomic E-state index is -4.58. The Morgan fingerprint density at radius 2 is 1.92 bits per heavy atom. The van der Waals surface area contributed by atoms with Crippen molar-refractivity contribution in [1.82, 2.24) is 4.98 Å². The number of benzene rings is 2. The van der Waals surface area contributed by atoms with E-state index in [2.05, 4.69) is 10.3 Å². The highest BCUT2D eigenvalue weighted by Gasteiger charge is 2.33. The Morgan fingerprint density at radius 1 is 1.20 bits per heavy atom. The lowest BCUT2D eigenvalue weighted by Gasteiger charge is -2.12. The van der Waals surface area contributed by atoms with E-state index in [9.17, 15) is 18.0 Å². The number of nitrogens with one attached hydrogen (secondary N) is 2. The van der Waals surface area contributed by atoms with Gasteiger partial charge in [-0.1, -0.05) is 29.8 Å². The molecule has 0 fully saturated rings. The monoisotopic (exact) mass is 366 g/mol. The zero-order valence-electron chi connectivity index (χ0n) is 13.2. The number of halogens is 4. The van der Waals surface area contributed by atoms with Crippen LogP contribution in [0.2, 0.25) is 5.02 Å². The summed E-state index contributed by atoms with van der Waals surface area (Å²) < 4.78 is 38.7. The number of fused-ring (bicyclic) bond motifs is 1. The zero-order valence-corrected chi connectivity index (χ0v) is 13.9. The summed E-state index contributed by atoms with van der Waals surface area (Å²) in [5.41, 5.74) is 1.66. The lowest BCUT2D eigenvalue weighted by molar-refractivity contribution is -0.137. The van der Waals surface area contributed by atoms with E-state index >= 15 is 0 Å². The van der Waals surface area contributed by atoms with Crippen LogP contribution in [-0.2, 0) is 17.4 Å². The summed E-state index contributed by atoms with van der Waals surface area (Å²) in [7, 11) is 0. The van der Waals surface area contributed by atoms with Crippen molar-refractivity contribution < 1.29 is 18.0 Å². The average molecular weight is 367 g/mol. The molecule has 0 unspecified atom stereocenters. The van der Waals surface area contributed by atoms with Crippen molar-refractivity contribution in [1.29, 1.82) is 0 Å². The highest BCUT2D eigenvalue weighted by molar-refractivity contribution is 6.31. The van der Waals surface area contributed by atoms with Crippen LogP contribution >= 0.6 is 11.6 Å². The van der Waals surface area contributed by atoms with Crippen LogP contribution in [0.25, 0.3) is 10.9 Å². The van der Waals surface area contributed by atoms with E-state index in [4.69, 9.17) is 11.6 Å². The molecule has 130 valence electrons. The lowest BCUT2D eigenvalue weighted by Crippen LogP contribution is -2.15. The lowest BCUT2D eigenvalue weighted by atomic mass is 10.1. The molecule has 0 atom stereocenters. The van der Waals surface area contributed by atoms with Crippen molar-refractivity contribution in [2.24, 2.45) is 0 Å². The summed E-state index contributed by atoms with van der Waals surface area (Å²) >= 11 is 5.58. The van der Waals surface area contributed by atoms with E-state index < -0.39 is 22.7 Å². The van der Waals surface area contributed by atoms with Crippen LogP contribution < -0.4 is 5.32 Å². The molecule has 0 saturated heterocycles. The molecule has 0 aliphatic heterocycles. The van der Waals surface area contributed by atoms with Gasteiger partial charge in [-0.3, -0.25) is 4.79 Å². The highest BCUT2D eigenvalue weighted by atomic mass is 35.5. The second kappa shape index (κ2) is 6.44. The van der Waals surface area contributed by atoms with Crippen LogP contribution in [0.1, 0.15) is 16.8 Å². The number of anilines is 1. The first kappa shape index (κ1) is 17.4. The number of aromatic nitrogens is 1. The van der Waals surface area contributed by atoms with E-state index in [1.165, 1.54) is 6.07 Å². The smallest absolute Gasteiger partial charge is 0.358 e. The van der Waals surface area contributed by atoms with Gasteiger partial charge in [0.25, 0.3) is 0 Å². The number of alkyl halides is 3. The van der Waals surface area contributed by atoms with Gasteiger partial charge < -0.3 is 10.3 Å². The molecule has 25 heavy (non-hydrogen) atoms. The van der Waals surface area contributed by atoms with Gasteiger partial charge in [0, 0.05) is 22.3 Å². The third-order valence-electron chi connectivity index (χ3n) is 3.92. The Kier molecular flexibility index (Phi) is 4.47. The predicted molar refractivity (Wildman–Crippen MR) is 91.8 cm³/mol. The van der Waals surface area contributed by atoms with Crippen LogP contribution in [0, 0.1) is 6.92 Å². The van der Waals surface area contributed by atoms with Crippen molar-refractivity contribution in [2.75, 3.05) is 5.32 Å². The first-order valence-corrected chi connectivity index (χ1v) is 7.86. The molecule has 7 heteroatoms. The van der Waals surface area contributed by atoms with Gasteiger partial charge in [-0.15, -0.1) is 0 Å². The summed E-state index contributed by atoms with van der Waals surface area (Å²) in [6.07, 6.45) is -4.52. The number of H-pyrrole nitrogens is 1. The predicted octanol–water partition coefficient (Wildman–Crippen LogP) is 5.33. The van der Waals surface area contributed by atoms with Gasteiger partial charge in [0.15, 0.2) is 0 Å². The number of amides is 1. The van der Waals surface area contributed by atoms with Crippen molar-refractivity contribution in [2.45, 2.75) is 19.5 Å². The van der Waals surface area contributed by atoms with Crippen LogP contribution in [0.3, 0.4) is 0 Å². The normalized spacial score (nSPS) is 11.7. The first-order chi connectivity index (χ1) is 11.8. The molecule has 1 amide bonds. The largest absolute Gasteiger partial charge is 0.417 e. The average Bonchev–Trinajstić information content (AvgIpc) is 2.84. The van der Waals surface area contributed by atoms with Crippen molar-refractivity contribution in [3.63, 3.8) is 0 Å². The molecule has 1 heterocycles. The Hall–Kier alpha value is -2.47. The fourth-order valence-corrected chi connectivity index (χ4v) is 2.97. The van der Waals surface area contributed by atoms with Crippen molar-refractivity contribution in [3.05, 3.63) is 64.3 Å². The molecule has 0 aliphatic rings. The summed E-state index contributed by atoms with van der Waals surface area (Å²) in [5, 5.41) is 3.01. The fraction of sp³-hybridized carbons (Fsp3) is 0.167. The molecule has 3 nitrogen and oxygen atoms in total. The van der Waals surface area contributed by atoms with E-state index in [0.29, 0.717) is 0 Å². The number of aromatic amines is 1. The minimum absolute atomic E-state index is 0.0548. The molecule has 0 spiro atoms. The van der Waals surface area contributed by atoms with Crippen LogP contribution in [0.4, 0.5) is 18.9 Å². The molecule has 2 aromatic carbocycles. The number of hydrogen-bond acceptors (Lipinski definition) is 1. The third-order valence-corrected chi connectivity index (χ3v) is 4.25. The molecule has 1 aromatic heterocycles. The fourth-order valence-electron chi connectivity index (χ4n) is 2.75. The molecule has 3 aromatic rings. The number of para-hydroxylation sites is 1. The standard InChI is InChI=1S/C18H14ClF3N2O/c1-10-13(12-4-2-3-5-16(12)23-10)9-17(25)24-11-6-7-15(19)14(8-11)18(20,21)22/h2-8,23H,9H2,1H3,(H,24,25). The SMILES string of the molecule is Cc1[nH]c2ccccc2c1CC(=O)Nc1ccc(Cl)c(C(F)(F)F)c1. The van der Waals surface area contributed by atoms with Gasteiger partial charge in [0.2, 0.25) is 5.91 Å². The second-order valence-electron chi connectivity index (χ2n) is 5.69. The van der Waals surface area contributed by atoms with Crippen LogP contribution in [0.5, 0.6) is 0 Å². The van der Waals surface area contributed by atoms with Gasteiger partial charge in [-0.05, 0) is 36.8 Å². The van der Waals surface area contributed by atoms with Crippen LogP contribution in [0.15, 0.2) is 42.5 Å². The van der Waals surface area contributed by atoms with Crippen molar-refractivity contribution in [3.8, 4) is 0 Å². The van der Waals surface area contributed by atoms with E-state index in [1.54, 1.807) is 0 Å². The Balaban J connectivity index is 1.82. The van der Waals surface area contributed by atoms with Gasteiger partial charge in [-0.25, -0.2) is 0 Å². The number of hydrogen-bond donors (Lipinski definition) is 2. The maximum atomic E-state index is 12.9. The van der Waals surface area contributed by atoms with Crippen molar-refractivity contribution >= 4 is 34.1 Å². The highest BCUT2D eigenvalue weighted by Crippen LogP contribution is 2.36. The zero-order chi connectivity index (χ0) is 18.2. The molecule has 2 N–H and O–H groups in total.